The fourth-order valence-corrected chi connectivity index (χ4v) is 2.86. The van der Waals surface area contributed by atoms with E-state index in [-0.39, 0.29) is 11.3 Å². The molecule has 0 unspecified atom stereocenters. The number of esters is 1. The molecule has 1 N–H and O–H groups in total. The van der Waals surface area contributed by atoms with Crippen LogP contribution < -0.4 is 5.32 Å². The van der Waals surface area contributed by atoms with Gasteiger partial charge in [-0.1, -0.05) is 29.3 Å². The van der Waals surface area contributed by atoms with Gasteiger partial charge in [0.1, 0.15) is 0 Å². The van der Waals surface area contributed by atoms with Crippen molar-refractivity contribution in [2.45, 2.75) is 13.8 Å². The highest BCUT2D eigenvalue weighted by molar-refractivity contribution is 6.39. The molecule has 1 amide bonds. The molecule has 0 bridgehead atoms. The van der Waals surface area contributed by atoms with Gasteiger partial charge in [0, 0.05) is 0 Å². The lowest BCUT2D eigenvalue weighted by atomic mass is 10.2. The van der Waals surface area contributed by atoms with Gasteiger partial charge in [-0.25, -0.2) is 14.8 Å². The van der Waals surface area contributed by atoms with E-state index in [2.05, 4.69) is 15.3 Å². The number of benzene rings is 2. The van der Waals surface area contributed by atoms with Crippen LogP contribution in [0.25, 0.3) is 11.0 Å². The zero-order valence-corrected chi connectivity index (χ0v) is 16.1. The lowest BCUT2D eigenvalue weighted by Crippen LogP contribution is -2.21. The number of para-hydroxylation sites is 1. The topological polar surface area (TPSA) is 81.2 Å². The third-order valence-corrected chi connectivity index (χ3v) is 4.50. The summed E-state index contributed by atoms with van der Waals surface area (Å²) in [6.07, 6.45) is 0. The van der Waals surface area contributed by atoms with Crippen LogP contribution in [0.1, 0.15) is 21.7 Å². The molecule has 3 rings (SSSR count). The third kappa shape index (κ3) is 4.35. The van der Waals surface area contributed by atoms with Gasteiger partial charge in [0.15, 0.2) is 6.61 Å². The van der Waals surface area contributed by atoms with Crippen molar-refractivity contribution in [2.75, 3.05) is 11.9 Å². The van der Waals surface area contributed by atoms with Crippen molar-refractivity contribution in [1.82, 2.24) is 9.97 Å². The summed E-state index contributed by atoms with van der Waals surface area (Å²) in [4.78, 5) is 33.1. The molecule has 1 aromatic heterocycles. The third-order valence-electron chi connectivity index (χ3n) is 3.87. The number of nitrogens with zero attached hydrogens (tertiary/aromatic N) is 2. The molecule has 0 saturated carbocycles. The van der Waals surface area contributed by atoms with Gasteiger partial charge in [-0.15, -0.1) is 0 Å². The number of anilines is 1. The summed E-state index contributed by atoms with van der Waals surface area (Å²) >= 11 is 12.0. The minimum absolute atomic E-state index is 0.272. The van der Waals surface area contributed by atoms with E-state index in [1.165, 1.54) is 0 Å². The van der Waals surface area contributed by atoms with E-state index in [0.29, 0.717) is 21.1 Å². The SMILES string of the molecule is Cc1nc2ccc(C(=O)OCC(=O)Nc3c(Cl)cccc3Cl)cc2nc1C. The molecule has 0 fully saturated rings. The fraction of sp³-hybridized carbons (Fsp3) is 0.158. The van der Waals surface area contributed by atoms with E-state index < -0.39 is 18.5 Å². The first-order valence-corrected chi connectivity index (χ1v) is 8.76. The van der Waals surface area contributed by atoms with Crippen molar-refractivity contribution in [3.05, 3.63) is 63.4 Å². The molecule has 27 heavy (non-hydrogen) atoms. The zero-order chi connectivity index (χ0) is 19.6. The summed E-state index contributed by atoms with van der Waals surface area (Å²) < 4.78 is 5.06. The van der Waals surface area contributed by atoms with Gasteiger partial charge < -0.3 is 10.1 Å². The molecule has 0 saturated heterocycles. The van der Waals surface area contributed by atoms with E-state index in [1.54, 1.807) is 36.4 Å². The molecule has 6 nitrogen and oxygen atoms in total. The molecule has 0 radical (unpaired) electrons. The highest BCUT2D eigenvalue weighted by Crippen LogP contribution is 2.29. The number of hydrogen-bond acceptors (Lipinski definition) is 5. The normalized spacial score (nSPS) is 10.7. The van der Waals surface area contributed by atoms with Crippen molar-refractivity contribution < 1.29 is 14.3 Å². The summed E-state index contributed by atoms with van der Waals surface area (Å²) in [7, 11) is 0. The Morgan fingerprint density at radius 3 is 2.30 bits per heavy atom. The van der Waals surface area contributed by atoms with Crippen LogP contribution >= 0.6 is 23.2 Å². The van der Waals surface area contributed by atoms with Gasteiger partial charge in [-0.3, -0.25) is 4.79 Å². The standard InChI is InChI=1S/C19H15Cl2N3O3/c1-10-11(2)23-16-8-12(6-7-15(16)22-10)19(26)27-9-17(25)24-18-13(20)4-3-5-14(18)21/h3-8H,9H2,1-2H3,(H,24,25). The number of rotatable bonds is 4. The largest absolute Gasteiger partial charge is 0.452 e. The molecule has 0 aliphatic carbocycles. The van der Waals surface area contributed by atoms with Crippen LogP contribution in [0.2, 0.25) is 10.0 Å². The van der Waals surface area contributed by atoms with Crippen molar-refractivity contribution in [3.63, 3.8) is 0 Å². The Balaban J connectivity index is 1.67. The fourth-order valence-electron chi connectivity index (χ4n) is 2.36. The van der Waals surface area contributed by atoms with Crippen LogP contribution in [-0.2, 0) is 9.53 Å². The van der Waals surface area contributed by atoms with Gasteiger partial charge in [-0.2, -0.15) is 0 Å². The first-order chi connectivity index (χ1) is 12.8. The minimum atomic E-state index is -0.641. The molecular formula is C19H15Cl2N3O3. The Kier molecular flexibility index (Phi) is 5.58. The van der Waals surface area contributed by atoms with Crippen molar-refractivity contribution >= 4 is 51.8 Å². The van der Waals surface area contributed by atoms with Crippen molar-refractivity contribution in [2.24, 2.45) is 0 Å². The summed E-state index contributed by atoms with van der Waals surface area (Å²) in [5.74, 6) is -1.19. The number of aromatic nitrogens is 2. The predicted octanol–water partition coefficient (Wildman–Crippen LogP) is 4.35. The highest BCUT2D eigenvalue weighted by Gasteiger charge is 2.14. The summed E-state index contributed by atoms with van der Waals surface area (Å²) in [5, 5.41) is 3.11. The summed E-state index contributed by atoms with van der Waals surface area (Å²) in [6, 6.07) is 9.70. The van der Waals surface area contributed by atoms with E-state index >= 15 is 0 Å². The second kappa shape index (κ2) is 7.90. The van der Waals surface area contributed by atoms with Crippen LogP contribution in [0.3, 0.4) is 0 Å². The second-order valence-corrected chi connectivity index (χ2v) is 6.63. The van der Waals surface area contributed by atoms with Crippen LogP contribution in [0, 0.1) is 13.8 Å². The number of aryl methyl sites for hydroxylation is 2. The maximum absolute atomic E-state index is 12.2. The van der Waals surface area contributed by atoms with Gasteiger partial charge in [0.25, 0.3) is 5.91 Å². The number of halogens is 2. The van der Waals surface area contributed by atoms with E-state index in [4.69, 9.17) is 27.9 Å². The Bertz CT molecular complexity index is 1030. The molecule has 3 aromatic rings. The second-order valence-electron chi connectivity index (χ2n) is 5.82. The van der Waals surface area contributed by atoms with Gasteiger partial charge >= 0.3 is 5.97 Å². The van der Waals surface area contributed by atoms with Gasteiger partial charge in [-0.05, 0) is 44.2 Å². The maximum atomic E-state index is 12.2. The minimum Gasteiger partial charge on any atom is -0.452 e. The first-order valence-electron chi connectivity index (χ1n) is 8.01. The lowest BCUT2D eigenvalue weighted by molar-refractivity contribution is -0.119. The number of hydrogen-bond donors (Lipinski definition) is 1. The van der Waals surface area contributed by atoms with Crippen LogP contribution in [0.15, 0.2) is 36.4 Å². The average molecular weight is 404 g/mol. The van der Waals surface area contributed by atoms with Crippen LogP contribution in [0.4, 0.5) is 5.69 Å². The molecule has 0 aliphatic rings. The maximum Gasteiger partial charge on any atom is 0.338 e. The first kappa shape index (κ1) is 19.1. The predicted molar refractivity (Wildman–Crippen MR) is 104 cm³/mol. The van der Waals surface area contributed by atoms with Crippen LogP contribution in [-0.4, -0.2) is 28.5 Å². The monoisotopic (exact) mass is 403 g/mol. The number of amides is 1. The summed E-state index contributed by atoms with van der Waals surface area (Å²) in [5.41, 5.74) is 3.43. The highest BCUT2D eigenvalue weighted by atomic mass is 35.5. The zero-order valence-electron chi connectivity index (χ0n) is 14.5. The quantitative estimate of drug-likeness (QED) is 0.654. The molecule has 0 spiro atoms. The Morgan fingerprint density at radius 1 is 1.00 bits per heavy atom. The van der Waals surface area contributed by atoms with E-state index in [1.807, 2.05) is 13.8 Å². The molecule has 8 heteroatoms. The molecule has 0 aliphatic heterocycles. The molecule has 138 valence electrons. The van der Waals surface area contributed by atoms with Crippen molar-refractivity contribution in [3.8, 4) is 0 Å². The number of carbonyl (C=O) groups is 2. The Labute approximate surface area is 165 Å². The van der Waals surface area contributed by atoms with E-state index in [9.17, 15) is 9.59 Å². The Hall–Kier alpha value is -2.70. The van der Waals surface area contributed by atoms with Gasteiger partial charge in [0.05, 0.1) is 43.7 Å². The number of carbonyl (C=O) groups excluding carboxylic acids is 2. The van der Waals surface area contributed by atoms with Crippen LogP contribution in [0.5, 0.6) is 0 Å². The molecule has 2 aromatic carbocycles. The summed E-state index contributed by atoms with van der Waals surface area (Å²) in [6.45, 7) is 3.24. The average Bonchev–Trinajstić information content (AvgIpc) is 2.63. The van der Waals surface area contributed by atoms with E-state index in [0.717, 1.165) is 11.4 Å². The Morgan fingerprint density at radius 2 is 1.63 bits per heavy atom. The lowest BCUT2D eigenvalue weighted by Gasteiger charge is -2.10. The molecule has 1 heterocycles. The smallest absolute Gasteiger partial charge is 0.338 e. The van der Waals surface area contributed by atoms with Crippen molar-refractivity contribution in [1.29, 1.82) is 0 Å². The number of fused-ring (bicyclic) bond motifs is 1. The molecular weight excluding hydrogens is 389 g/mol. The number of ether oxygens (including phenoxy) is 1. The van der Waals surface area contributed by atoms with Gasteiger partial charge in [0.2, 0.25) is 0 Å². The molecule has 0 atom stereocenters. The number of nitrogens with one attached hydrogen (secondary N) is 1.